The summed E-state index contributed by atoms with van der Waals surface area (Å²) < 4.78 is 0. The molecule has 0 spiro atoms. The average Bonchev–Trinajstić information content (AvgIpc) is 2.66. The second-order valence-corrected chi connectivity index (χ2v) is 5.46. The molecule has 0 aromatic heterocycles. The SMILES string of the molecule is CC(NC1CCCC1O)C1CCCCC1. The Hall–Kier alpha value is -0.0800. The van der Waals surface area contributed by atoms with Crippen molar-refractivity contribution in [2.24, 2.45) is 5.92 Å². The summed E-state index contributed by atoms with van der Waals surface area (Å²) in [6.07, 6.45) is 10.3. The number of rotatable bonds is 3. The highest BCUT2D eigenvalue weighted by Gasteiger charge is 2.28. The fourth-order valence-corrected chi connectivity index (χ4v) is 3.24. The van der Waals surface area contributed by atoms with Crippen LogP contribution in [0.3, 0.4) is 0 Å². The molecule has 0 saturated heterocycles. The molecular weight excluding hydrogens is 186 g/mol. The highest BCUT2D eigenvalue weighted by Crippen LogP contribution is 2.28. The predicted molar refractivity (Wildman–Crippen MR) is 62.8 cm³/mol. The van der Waals surface area contributed by atoms with Gasteiger partial charge in [0.15, 0.2) is 0 Å². The Morgan fingerprint density at radius 2 is 1.73 bits per heavy atom. The van der Waals surface area contributed by atoms with Crippen molar-refractivity contribution in [3.8, 4) is 0 Å². The zero-order valence-corrected chi connectivity index (χ0v) is 9.91. The molecule has 2 N–H and O–H groups in total. The van der Waals surface area contributed by atoms with Gasteiger partial charge in [0.2, 0.25) is 0 Å². The molecule has 3 unspecified atom stereocenters. The van der Waals surface area contributed by atoms with E-state index in [1.165, 1.54) is 38.5 Å². The van der Waals surface area contributed by atoms with E-state index in [9.17, 15) is 5.11 Å². The number of aliphatic hydroxyl groups is 1. The smallest absolute Gasteiger partial charge is 0.0693 e. The fraction of sp³-hybridized carbons (Fsp3) is 1.00. The van der Waals surface area contributed by atoms with Crippen LogP contribution in [0.25, 0.3) is 0 Å². The van der Waals surface area contributed by atoms with Crippen molar-refractivity contribution in [2.45, 2.75) is 76.5 Å². The van der Waals surface area contributed by atoms with E-state index in [0.29, 0.717) is 12.1 Å². The zero-order valence-electron chi connectivity index (χ0n) is 9.91. The Bertz CT molecular complexity index is 189. The van der Waals surface area contributed by atoms with Crippen molar-refractivity contribution in [3.05, 3.63) is 0 Å². The van der Waals surface area contributed by atoms with Gasteiger partial charge in [0.25, 0.3) is 0 Å². The maximum atomic E-state index is 9.77. The van der Waals surface area contributed by atoms with E-state index >= 15 is 0 Å². The van der Waals surface area contributed by atoms with Crippen LogP contribution in [0.4, 0.5) is 0 Å². The minimum Gasteiger partial charge on any atom is -0.392 e. The van der Waals surface area contributed by atoms with Crippen LogP contribution in [0, 0.1) is 5.92 Å². The Labute approximate surface area is 93.5 Å². The molecule has 3 atom stereocenters. The third-order valence-electron chi connectivity index (χ3n) is 4.31. The van der Waals surface area contributed by atoms with Crippen molar-refractivity contribution in [1.29, 1.82) is 0 Å². The fourth-order valence-electron chi connectivity index (χ4n) is 3.24. The van der Waals surface area contributed by atoms with Gasteiger partial charge >= 0.3 is 0 Å². The summed E-state index contributed by atoms with van der Waals surface area (Å²) in [5.74, 6) is 0.853. The summed E-state index contributed by atoms with van der Waals surface area (Å²) >= 11 is 0. The summed E-state index contributed by atoms with van der Waals surface area (Å²) in [6, 6.07) is 0.977. The molecule has 0 bridgehead atoms. The number of hydrogen-bond donors (Lipinski definition) is 2. The van der Waals surface area contributed by atoms with Gasteiger partial charge in [0.05, 0.1) is 6.10 Å². The maximum absolute atomic E-state index is 9.77. The molecule has 0 heterocycles. The Morgan fingerprint density at radius 3 is 2.33 bits per heavy atom. The quantitative estimate of drug-likeness (QED) is 0.751. The molecule has 0 aromatic carbocycles. The van der Waals surface area contributed by atoms with Crippen LogP contribution in [0.2, 0.25) is 0 Å². The van der Waals surface area contributed by atoms with Gasteiger partial charge in [0, 0.05) is 12.1 Å². The number of aliphatic hydroxyl groups excluding tert-OH is 1. The predicted octanol–water partition coefficient (Wildman–Crippen LogP) is 2.46. The average molecular weight is 211 g/mol. The van der Waals surface area contributed by atoms with E-state index in [2.05, 4.69) is 12.2 Å². The summed E-state index contributed by atoms with van der Waals surface area (Å²) in [7, 11) is 0. The van der Waals surface area contributed by atoms with Gasteiger partial charge in [-0.1, -0.05) is 19.3 Å². The second-order valence-electron chi connectivity index (χ2n) is 5.46. The highest BCUT2D eigenvalue weighted by molar-refractivity contribution is 4.87. The van der Waals surface area contributed by atoms with Gasteiger partial charge < -0.3 is 10.4 Å². The Morgan fingerprint density at radius 1 is 1.00 bits per heavy atom. The van der Waals surface area contributed by atoms with Crippen molar-refractivity contribution >= 4 is 0 Å². The zero-order chi connectivity index (χ0) is 10.7. The standard InChI is InChI=1S/C13H25NO/c1-10(11-6-3-2-4-7-11)14-12-8-5-9-13(12)15/h10-15H,2-9H2,1H3. The lowest BCUT2D eigenvalue weighted by Gasteiger charge is -2.31. The molecule has 0 amide bonds. The van der Waals surface area contributed by atoms with E-state index in [1.54, 1.807) is 0 Å². The van der Waals surface area contributed by atoms with E-state index < -0.39 is 0 Å². The molecule has 2 heteroatoms. The van der Waals surface area contributed by atoms with E-state index in [0.717, 1.165) is 18.8 Å². The lowest BCUT2D eigenvalue weighted by Crippen LogP contribution is -2.45. The van der Waals surface area contributed by atoms with E-state index in [4.69, 9.17) is 0 Å². The topological polar surface area (TPSA) is 32.3 Å². The van der Waals surface area contributed by atoms with Gasteiger partial charge in [-0.05, 0) is 44.9 Å². The summed E-state index contributed by atoms with van der Waals surface area (Å²) in [4.78, 5) is 0. The monoisotopic (exact) mass is 211 g/mol. The van der Waals surface area contributed by atoms with Crippen molar-refractivity contribution < 1.29 is 5.11 Å². The molecule has 2 saturated carbocycles. The third kappa shape index (κ3) is 2.94. The summed E-state index contributed by atoms with van der Waals surface area (Å²) in [5, 5.41) is 13.4. The van der Waals surface area contributed by atoms with Crippen LogP contribution in [0.1, 0.15) is 58.3 Å². The molecule has 0 radical (unpaired) electrons. The molecule has 2 aliphatic carbocycles. The van der Waals surface area contributed by atoms with E-state index in [-0.39, 0.29) is 6.10 Å². The molecule has 15 heavy (non-hydrogen) atoms. The van der Waals surface area contributed by atoms with Gasteiger partial charge in [-0.2, -0.15) is 0 Å². The van der Waals surface area contributed by atoms with Crippen LogP contribution in [0.5, 0.6) is 0 Å². The molecule has 2 nitrogen and oxygen atoms in total. The molecular formula is C13H25NO. The van der Waals surface area contributed by atoms with Gasteiger partial charge in [0.1, 0.15) is 0 Å². The summed E-state index contributed by atoms with van der Waals surface area (Å²) in [5.41, 5.74) is 0. The van der Waals surface area contributed by atoms with Gasteiger partial charge in [-0.3, -0.25) is 0 Å². The molecule has 88 valence electrons. The maximum Gasteiger partial charge on any atom is 0.0693 e. The minimum absolute atomic E-state index is 0.0870. The van der Waals surface area contributed by atoms with Crippen LogP contribution in [-0.4, -0.2) is 23.3 Å². The molecule has 0 aliphatic heterocycles. The first kappa shape index (κ1) is 11.4. The molecule has 2 aliphatic rings. The van der Waals surface area contributed by atoms with Crippen LogP contribution in [-0.2, 0) is 0 Å². The first-order valence-electron chi connectivity index (χ1n) is 6.71. The van der Waals surface area contributed by atoms with Crippen LogP contribution in [0.15, 0.2) is 0 Å². The normalized spacial score (nSPS) is 35.6. The Kier molecular flexibility index (Phi) is 4.04. The summed E-state index contributed by atoms with van der Waals surface area (Å²) in [6.45, 7) is 2.31. The van der Waals surface area contributed by atoms with Gasteiger partial charge in [-0.15, -0.1) is 0 Å². The Balaban J connectivity index is 1.77. The van der Waals surface area contributed by atoms with Gasteiger partial charge in [-0.25, -0.2) is 0 Å². The minimum atomic E-state index is -0.0870. The third-order valence-corrected chi connectivity index (χ3v) is 4.31. The largest absolute Gasteiger partial charge is 0.392 e. The van der Waals surface area contributed by atoms with Crippen molar-refractivity contribution in [2.75, 3.05) is 0 Å². The number of hydrogen-bond acceptors (Lipinski definition) is 2. The molecule has 2 rings (SSSR count). The first-order valence-corrected chi connectivity index (χ1v) is 6.71. The van der Waals surface area contributed by atoms with Crippen molar-refractivity contribution in [1.82, 2.24) is 5.32 Å². The first-order chi connectivity index (χ1) is 7.27. The van der Waals surface area contributed by atoms with Crippen LogP contribution < -0.4 is 5.32 Å². The van der Waals surface area contributed by atoms with Crippen LogP contribution >= 0.6 is 0 Å². The lowest BCUT2D eigenvalue weighted by molar-refractivity contribution is 0.133. The molecule has 2 fully saturated rings. The highest BCUT2D eigenvalue weighted by atomic mass is 16.3. The van der Waals surface area contributed by atoms with E-state index in [1.807, 2.05) is 0 Å². The number of nitrogens with one attached hydrogen (secondary N) is 1. The second kappa shape index (κ2) is 5.31. The molecule has 0 aromatic rings. The van der Waals surface area contributed by atoms with Crippen molar-refractivity contribution in [3.63, 3.8) is 0 Å². The lowest BCUT2D eigenvalue weighted by atomic mass is 9.84.